The van der Waals surface area contributed by atoms with E-state index in [4.69, 9.17) is 0 Å². The molecule has 1 heterocycles. The zero-order valence-corrected chi connectivity index (χ0v) is 15.4. The summed E-state index contributed by atoms with van der Waals surface area (Å²) in [5.74, 6) is -0.263. The van der Waals surface area contributed by atoms with Crippen LogP contribution >= 0.6 is 0 Å². The number of aldehydes is 1. The summed E-state index contributed by atoms with van der Waals surface area (Å²) in [5, 5.41) is 11.3. The lowest BCUT2D eigenvalue weighted by Gasteiger charge is -2.09. The maximum absolute atomic E-state index is 13.4. The van der Waals surface area contributed by atoms with E-state index in [2.05, 4.69) is 23.6 Å². The van der Waals surface area contributed by atoms with Crippen molar-refractivity contribution in [2.75, 3.05) is 0 Å². The van der Waals surface area contributed by atoms with Gasteiger partial charge in [-0.05, 0) is 49.6 Å². The number of aliphatic hydroxyl groups excluding tert-OH is 1. The molecule has 1 unspecified atom stereocenters. The van der Waals surface area contributed by atoms with Gasteiger partial charge in [0.1, 0.15) is 12.1 Å². The number of carbonyl (C=O) groups is 1. The van der Waals surface area contributed by atoms with E-state index in [-0.39, 0.29) is 5.82 Å². The van der Waals surface area contributed by atoms with Gasteiger partial charge >= 0.3 is 0 Å². The second-order valence-electron chi connectivity index (χ2n) is 6.55. The van der Waals surface area contributed by atoms with E-state index in [9.17, 15) is 14.3 Å². The van der Waals surface area contributed by atoms with Crippen LogP contribution < -0.4 is 0 Å². The van der Waals surface area contributed by atoms with Crippen molar-refractivity contribution < 1.29 is 14.3 Å². The van der Waals surface area contributed by atoms with E-state index < -0.39 is 6.10 Å². The number of para-hydroxylation sites is 1. The first-order valence-corrected chi connectivity index (χ1v) is 9.32. The number of nitrogens with zero attached hydrogens (tertiary/aromatic N) is 1. The van der Waals surface area contributed by atoms with Gasteiger partial charge < -0.3 is 14.5 Å². The van der Waals surface area contributed by atoms with Crippen molar-refractivity contribution in [1.82, 2.24) is 4.57 Å². The molecule has 1 N–H and O–H groups in total. The smallest absolute Gasteiger partial charge is 0.123 e. The number of aromatic nitrogens is 1. The van der Waals surface area contributed by atoms with E-state index >= 15 is 0 Å². The molecule has 0 spiro atoms. The number of halogens is 1. The topological polar surface area (TPSA) is 42.2 Å². The molecule has 0 aliphatic carbocycles. The van der Waals surface area contributed by atoms with Gasteiger partial charge in [-0.25, -0.2) is 4.39 Å². The van der Waals surface area contributed by atoms with Gasteiger partial charge in [-0.15, -0.1) is 0 Å². The van der Waals surface area contributed by atoms with Gasteiger partial charge in [0, 0.05) is 35.1 Å². The summed E-state index contributed by atoms with van der Waals surface area (Å²) in [4.78, 5) is 10.4. The highest BCUT2D eigenvalue weighted by Gasteiger charge is 2.16. The van der Waals surface area contributed by atoms with Crippen molar-refractivity contribution in [2.45, 2.75) is 38.8 Å². The Morgan fingerprint density at radius 3 is 2.59 bits per heavy atom. The molecule has 4 heteroatoms. The molecule has 27 heavy (non-hydrogen) atoms. The van der Waals surface area contributed by atoms with Crippen molar-refractivity contribution in [3.63, 3.8) is 0 Å². The van der Waals surface area contributed by atoms with Crippen LogP contribution in [0.1, 0.15) is 31.9 Å². The molecular weight excluding hydrogens is 341 g/mol. The Bertz CT molecular complexity index is 941. The quantitative estimate of drug-likeness (QED) is 0.440. The molecule has 0 amide bonds. The summed E-state index contributed by atoms with van der Waals surface area (Å²) in [6, 6.07) is 14.7. The van der Waals surface area contributed by atoms with Crippen molar-refractivity contribution in [3.05, 3.63) is 66.1 Å². The number of benzene rings is 2. The average molecular weight is 365 g/mol. The van der Waals surface area contributed by atoms with Crippen molar-refractivity contribution in [1.29, 1.82) is 0 Å². The van der Waals surface area contributed by atoms with Crippen molar-refractivity contribution in [3.8, 4) is 11.1 Å². The Morgan fingerprint density at radius 1 is 1.15 bits per heavy atom. The van der Waals surface area contributed by atoms with Gasteiger partial charge in [-0.1, -0.05) is 36.4 Å². The number of unbranched alkanes of at least 4 members (excludes halogenated alkanes) is 1. The fraction of sp³-hybridized carbons (Fsp3) is 0.261. The van der Waals surface area contributed by atoms with Gasteiger partial charge in [0.2, 0.25) is 0 Å². The number of aliphatic hydroxyl groups is 1. The summed E-state index contributed by atoms with van der Waals surface area (Å²) >= 11 is 0. The molecule has 1 aromatic heterocycles. The number of rotatable bonds is 8. The highest BCUT2D eigenvalue weighted by Crippen LogP contribution is 2.36. The molecule has 0 bridgehead atoms. The summed E-state index contributed by atoms with van der Waals surface area (Å²) in [7, 11) is 0. The first kappa shape index (κ1) is 19.1. The Morgan fingerprint density at radius 2 is 1.89 bits per heavy atom. The molecule has 0 saturated heterocycles. The molecule has 3 rings (SSSR count). The number of fused-ring (bicyclic) bond motifs is 1. The van der Waals surface area contributed by atoms with E-state index in [1.165, 1.54) is 12.1 Å². The minimum atomic E-state index is -0.602. The second kappa shape index (κ2) is 8.78. The number of hydrogen-bond donors (Lipinski definition) is 1. The molecule has 0 saturated carbocycles. The zero-order valence-electron chi connectivity index (χ0n) is 15.4. The van der Waals surface area contributed by atoms with Crippen LogP contribution in [0, 0.1) is 5.82 Å². The monoisotopic (exact) mass is 365 g/mol. The molecule has 0 radical (unpaired) electrons. The molecule has 1 atom stereocenters. The van der Waals surface area contributed by atoms with E-state index in [0.717, 1.165) is 40.6 Å². The van der Waals surface area contributed by atoms with E-state index in [1.807, 2.05) is 18.2 Å². The summed E-state index contributed by atoms with van der Waals surface area (Å²) in [6.07, 6.45) is 5.66. The summed E-state index contributed by atoms with van der Waals surface area (Å²) < 4.78 is 15.6. The molecular formula is C23H24FNO2. The fourth-order valence-electron chi connectivity index (χ4n) is 3.47. The van der Waals surface area contributed by atoms with Crippen LogP contribution in [0.5, 0.6) is 0 Å². The van der Waals surface area contributed by atoms with Crippen molar-refractivity contribution >= 4 is 23.3 Å². The third-order valence-electron chi connectivity index (χ3n) is 4.76. The lowest BCUT2D eigenvalue weighted by molar-refractivity contribution is -0.108. The second-order valence-corrected chi connectivity index (χ2v) is 6.55. The Balaban J connectivity index is 2.08. The van der Waals surface area contributed by atoms with E-state index in [0.29, 0.717) is 19.3 Å². The first-order chi connectivity index (χ1) is 13.2. The Kier molecular flexibility index (Phi) is 6.20. The van der Waals surface area contributed by atoms with Crippen LogP contribution in [0.2, 0.25) is 0 Å². The van der Waals surface area contributed by atoms with Gasteiger partial charge in [-0.3, -0.25) is 0 Å². The van der Waals surface area contributed by atoms with Gasteiger partial charge in [0.25, 0.3) is 0 Å². The predicted molar refractivity (Wildman–Crippen MR) is 108 cm³/mol. The Hall–Kier alpha value is -2.72. The van der Waals surface area contributed by atoms with Crippen molar-refractivity contribution in [2.24, 2.45) is 0 Å². The van der Waals surface area contributed by atoms with Crippen LogP contribution in [0.25, 0.3) is 28.1 Å². The molecule has 0 aliphatic rings. The standard InChI is InChI=1S/C23H24FNO2/c1-2-25-21-9-4-3-8-20(21)23(17-10-12-18(24)13-11-17)22(25)15-14-19(27)7-5-6-16-26/h3-4,8-16,19,27H,2,5-7H2,1H3/b15-14+. The molecule has 3 aromatic rings. The lowest BCUT2D eigenvalue weighted by Crippen LogP contribution is -2.03. The molecule has 3 nitrogen and oxygen atoms in total. The largest absolute Gasteiger partial charge is 0.389 e. The van der Waals surface area contributed by atoms with Gasteiger partial charge in [-0.2, -0.15) is 0 Å². The van der Waals surface area contributed by atoms with Crippen LogP contribution in [0.4, 0.5) is 4.39 Å². The maximum Gasteiger partial charge on any atom is 0.123 e. The third kappa shape index (κ3) is 4.17. The molecule has 0 fully saturated rings. The highest BCUT2D eigenvalue weighted by molar-refractivity contribution is 6.00. The number of hydrogen-bond acceptors (Lipinski definition) is 2. The van der Waals surface area contributed by atoms with Crippen LogP contribution in [0.3, 0.4) is 0 Å². The van der Waals surface area contributed by atoms with Gasteiger partial charge in [0.15, 0.2) is 0 Å². The predicted octanol–water partition coefficient (Wildman–Crippen LogP) is 5.21. The zero-order chi connectivity index (χ0) is 19.2. The highest BCUT2D eigenvalue weighted by atomic mass is 19.1. The minimum Gasteiger partial charge on any atom is -0.389 e. The fourth-order valence-corrected chi connectivity index (χ4v) is 3.47. The van der Waals surface area contributed by atoms with Gasteiger partial charge in [0.05, 0.1) is 6.10 Å². The number of aryl methyl sites for hydroxylation is 1. The lowest BCUT2D eigenvalue weighted by atomic mass is 10.0. The minimum absolute atomic E-state index is 0.263. The maximum atomic E-state index is 13.4. The van der Waals surface area contributed by atoms with Crippen LogP contribution in [-0.2, 0) is 11.3 Å². The third-order valence-corrected chi connectivity index (χ3v) is 4.76. The van der Waals surface area contributed by atoms with E-state index in [1.54, 1.807) is 18.2 Å². The normalized spacial score (nSPS) is 12.7. The summed E-state index contributed by atoms with van der Waals surface area (Å²) in [5.41, 5.74) is 4.06. The number of carbonyl (C=O) groups excluding carboxylic acids is 1. The Labute approximate surface area is 158 Å². The average Bonchev–Trinajstić information content (AvgIpc) is 3.00. The van der Waals surface area contributed by atoms with Crippen LogP contribution in [0.15, 0.2) is 54.6 Å². The first-order valence-electron chi connectivity index (χ1n) is 9.32. The molecule has 140 valence electrons. The van der Waals surface area contributed by atoms with Crippen LogP contribution in [-0.4, -0.2) is 22.1 Å². The molecule has 0 aliphatic heterocycles. The summed E-state index contributed by atoms with van der Waals surface area (Å²) in [6.45, 7) is 2.86. The SMILES string of the molecule is CCn1c(/C=C/C(O)CCCC=O)c(-c2ccc(F)cc2)c2ccccc21. The molecule has 2 aromatic carbocycles.